The third-order valence-electron chi connectivity index (χ3n) is 2.54. The molecule has 0 aliphatic heterocycles. The van der Waals surface area contributed by atoms with Crippen LogP contribution in [0.3, 0.4) is 0 Å². The Morgan fingerprint density at radius 3 is 2.78 bits per heavy atom. The Bertz CT molecular complexity index is 548. The molecule has 1 heterocycles. The van der Waals surface area contributed by atoms with Crippen LogP contribution in [0.25, 0.3) is 11.0 Å². The van der Waals surface area contributed by atoms with Gasteiger partial charge in [-0.05, 0) is 26.0 Å². The molecule has 1 aromatic heterocycles. The van der Waals surface area contributed by atoms with Gasteiger partial charge in [-0.15, -0.1) is 0 Å². The average molecular weight is 248 g/mol. The minimum atomic E-state index is -0.423. The quantitative estimate of drug-likeness (QED) is 0.761. The molecule has 0 fully saturated rings. The molecule has 0 aliphatic carbocycles. The van der Waals surface area contributed by atoms with Crippen molar-refractivity contribution >= 4 is 17.0 Å². The predicted molar refractivity (Wildman–Crippen MR) is 67.3 cm³/mol. The van der Waals surface area contributed by atoms with Crippen molar-refractivity contribution in [3.63, 3.8) is 0 Å². The number of para-hydroxylation sites is 2. The van der Waals surface area contributed by atoms with Gasteiger partial charge in [0.2, 0.25) is 5.82 Å². The van der Waals surface area contributed by atoms with Crippen LogP contribution in [-0.4, -0.2) is 28.7 Å². The van der Waals surface area contributed by atoms with Crippen molar-refractivity contribution in [2.75, 3.05) is 13.2 Å². The van der Waals surface area contributed by atoms with E-state index in [-0.39, 0.29) is 5.82 Å². The van der Waals surface area contributed by atoms with Gasteiger partial charge in [0, 0.05) is 6.61 Å². The Kier molecular flexibility index (Phi) is 3.94. The van der Waals surface area contributed by atoms with Gasteiger partial charge < -0.3 is 9.47 Å². The van der Waals surface area contributed by atoms with Gasteiger partial charge in [-0.2, -0.15) is 0 Å². The number of aromatic nitrogens is 2. The first-order valence-electron chi connectivity index (χ1n) is 5.98. The van der Waals surface area contributed by atoms with Crippen LogP contribution >= 0.6 is 0 Å². The Balaban J connectivity index is 2.46. The summed E-state index contributed by atoms with van der Waals surface area (Å²) in [6.07, 6.45) is 0. The van der Waals surface area contributed by atoms with Crippen molar-refractivity contribution in [1.29, 1.82) is 0 Å². The number of hydrogen-bond acceptors (Lipinski definition) is 4. The summed E-state index contributed by atoms with van der Waals surface area (Å²) in [7, 11) is 0. The van der Waals surface area contributed by atoms with Crippen molar-refractivity contribution in [2.45, 2.75) is 20.6 Å². The van der Waals surface area contributed by atoms with Gasteiger partial charge in [0.15, 0.2) is 0 Å². The third-order valence-corrected chi connectivity index (χ3v) is 2.54. The predicted octanol–water partition coefficient (Wildman–Crippen LogP) is 2.21. The highest BCUT2D eigenvalue weighted by molar-refractivity contribution is 5.91. The molecule has 0 atom stereocenters. The summed E-state index contributed by atoms with van der Waals surface area (Å²) < 4.78 is 12.1. The number of carbonyl (C=O) groups is 1. The second kappa shape index (κ2) is 5.64. The summed E-state index contributed by atoms with van der Waals surface area (Å²) in [5.74, 6) is -0.139. The van der Waals surface area contributed by atoms with Gasteiger partial charge >= 0.3 is 5.97 Å². The number of imidazole rings is 1. The van der Waals surface area contributed by atoms with Crippen molar-refractivity contribution in [2.24, 2.45) is 0 Å². The molecule has 0 unspecified atom stereocenters. The maximum atomic E-state index is 11.8. The lowest BCUT2D eigenvalue weighted by Gasteiger charge is -2.08. The van der Waals surface area contributed by atoms with Gasteiger partial charge in [0.05, 0.1) is 17.6 Å². The second-order valence-corrected chi connectivity index (χ2v) is 3.69. The molecule has 0 N–H and O–H groups in total. The Morgan fingerprint density at radius 2 is 2.06 bits per heavy atom. The maximum Gasteiger partial charge on any atom is 0.374 e. The van der Waals surface area contributed by atoms with Crippen LogP contribution in [0.5, 0.6) is 0 Å². The number of rotatable bonds is 5. The van der Waals surface area contributed by atoms with Gasteiger partial charge in [0.1, 0.15) is 6.73 Å². The summed E-state index contributed by atoms with van der Waals surface area (Å²) in [6, 6.07) is 7.56. The molecule has 5 heteroatoms. The lowest BCUT2D eigenvalue weighted by molar-refractivity contribution is 0.0469. The van der Waals surface area contributed by atoms with Crippen molar-refractivity contribution in [3.05, 3.63) is 30.1 Å². The number of benzene rings is 1. The number of ether oxygens (including phenoxy) is 2. The molecule has 0 saturated heterocycles. The van der Waals surface area contributed by atoms with E-state index in [1.807, 2.05) is 31.2 Å². The zero-order valence-corrected chi connectivity index (χ0v) is 10.5. The van der Waals surface area contributed by atoms with Crippen LogP contribution in [0.1, 0.15) is 24.5 Å². The fourth-order valence-electron chi connectivity index (χ4n) is 1.74. The van der Waals surface area contributed by atoms with Crippen LogP contribution in [0, 0.1) is 0 Å². The molecule has 2 rings (SSSR count). The number of fused-ring (bicyclic) bond motifs is 1. The van der Waals surface area contributed by atoms with E-state index >= 15 is 0 Å². The van der Waals surface area contributed by atoms with E-state index in [9.17, 15) is 4.79 Å². The van der Waals surface area contributed by atoms with E-state index < -0.39 is 5.97 Å². The zero-order chi connectivity index (χ0) is 13.0. The highest BCUT2D eigenvalue weighted by atomic mass is 16.5. The summed E-state index contributed by atoms with van der Waals surface area (Å²) >= 11 is 0. The van der Waals surface area contributed by atoms with Gasteiger partial charge in [-0.1, -0.05) is 12.1 Å². The average Bonchev–Trinajstić information content (AvgIpc) is 2.75. The van der Waals surface area contributed by atoms with Crippen molar-refractivity contribution in [3.8, 4) is 0 Å². The first kappa shape index (κ1) is 12.6. The fraction of sp³-hybridized carbons (Fsp3) is 0.385. The molecule has 18 heavy (non-hydrogen) atoms. The number of hydrogen-bond donors (Lipinski definition) is 0. The molecular formula is C13H16N2O3. The SMILES string of the molecule is CCOCn1c(C(=O)OCC)nc2ccccc21. The van der Waals surface area contributed by atoms with Crippen LogP contribution in [0.2, 0.25) is 0 Å². The largest absolute Gasteiger partial charge is 0.460 e. The Hall–Kier alpha value is -1.88. The van der Waals surface area contributed by atoms with Crippen LogP contribution < -0.4 is 0 Å². The van der Waals surface area contributed by atoms with E-state index in [1.165, 1.54) is 0 Å². The summed E-state index contributed by atoms with van der Waals surface area (Å²) in [6.45, 7) is 4.88. The van der Waals surface area contributed by atoms with E-state index in [2.05, 4.69) is 4.98 Å². The second-order valence-electron chi connectivity index (χ2n) is 3.69. The minimum absolute atomic E-state index is 0.284. The topological polar surface area (TPSA) is 53.4 Å². The first-order valence-corrected chi connectivity index (χ1v) is 5.98. The Labute approximate surface area is 105 Å². The summed E-state index contributed by atoms with van der Waals surface area (Å²) in [5, 5.41) is 0. The molecule has 5 nitrogen and oxygen atoms in total. The monoisotopic (exact) mass is 248 g/mol. The molecule has 0 spiro atoms. The fourth-order valence-corrected chi connectivity index (χ4v) is 1.74. The number of esters is 1. The van der Waals surface area contributed by atoms with Gasteiger partial charge in [-0.25, -0.2) is 9.78 Å². The van der Waals surface area contributed by atoms with E-state index in [1.54, 1.807) is 11.5 Å². The first-order chi connectivity index (χ1) is 8.77. The van der Waals surface area contributed by atoms with Crippen LogP contribution in [-0.2, 0) is 16.2 Å². The standard InChI is InChI=1S/C13H16N2O3/c1-3-17-9-15-11-8-6-5-7-10(11)14-12(15)13(16)18-4-2/h5-8H,3-4,9H2,1-2H3. The Morgan fingerprint density at radius 1 is 1.28 bits per heavy atom. The summed E-state index contributed by atoms with van der Waals surface area (Å²) in [5.41, 5.74) is 1.63. The van der Waals surface area contributed by atoms with Crippen LogP contribution in [0.4, 0.5) is 0 Å². The van der Waals surface area contributed by atoms with Crippen LogP contribution in [0.15, 0.2) is 24.3 Å². The third kappa shape index (κ3) is 2.36. The number of carbonyl (C=O) groups excluding carboxylic acids is 1. The molecular weight excluding hydrogens is 232 g/mol. The molecule has 2 aromatic rings. The van der Waals surface area contributed by atoms with E-state index in [0.29, 0.717) is 19.9 Å². The molecule has 0 amide bonds. The number of nitrogens with zero attached hydrogens (tertiary/aromatic N) is 2. The van der Waals surface area contributed by atoms with E-state index in [0.717, 1.165) is 11.0 Å². The van der Waals surface area contributed by atoms with Gasteiger partial charge in [-0.3, -0.25) is 4.57 Å². The lowest BCUT2D eigenvalue weighted by Crippen LogP contribution is -2.14. The van der Waals surface area contributed by atoms with Crippen molar-refractivity contribution in [1.82, 2.24) is 9.55 Å². The molecule has 96 valence electrons. The highest BCUT2D eigenvalue weighted by Crippen LogP contribution is 2.16. The van der Waals surface area contributed by atoms with Crippen molar-refractivity contribution < 1.29 is 14.3 Å². The molecule has 0 aliphatic rings. The molecule has 1 aromatic carbocycles. The lowest BCUT2D eigenvalue weighted by atomic mass is 10.3. The summed E-state index contributed by atoms with van der Waals surface area (Å²) in [4.78, 5) is 16.1. The maximum absolute atomic E-state index is 11.8. The van der Waals surface area contributed by atoms with E-state index in [4.69, 9.17) is 9.47 Å². The van der Waals surface area contributed by atoms with Gasteiger partial charge in [0.25, 0.3) is 0 Å². The molecule has 0 bridgehead atoms. The smallest absolute Gasteiger partial charge is 0.374 e. The zero-order valence-electron chi connectivity index (χ0n) is 10.5. The molecule has 0 saturated carbocycles. The molecule has 0 radical (unpaired) electrons. The normalized spacial score (nSPS) is 10.8. The minimum Gasteiger partial charge on any atom is -0.460 e. The highest BCUT2D eigenvalue weighted by Gasteiger charge is 2.18.